The van der Waals surface area contributed by atoms with E-state index < -0.39 is 5.82 Å². The Labute approximate surface area is 217 Å². The van der Waals surface area contributed by atoms with Gasteiger partial charge in [0.2, 0.25) is 0 Å². The Balaban J connectivity index is 0.00000274. The molecule has 1 aliphatic carbocycles. The van der Waals surface area contributed by atoms with Crippen molar-refractivity contribution in [3.8, 4) is 11.5 Å². The molecule has 10 heteroatoms. The molecular formula is C24H26BrCl2FN4O2. The summed E-state index contributed by atoms with van der Waals surface area (Å²) in [6, 6.07) is 6.51. The second kappa shape index (κ2) is 10.4. The number of nitrogens with one attached hydrogen (secondary N) is 1. The molecule has 34 heavy (non-hydrogen) atoms. The Morgan fingerprint density at radius 1 is 1.15 bits per heavy atom. The number of ether oxygens (including phenoxy) is 2. The predicted molar refractivity (Wildman–Crippen MR) is 138 cm³/mol. The fraction of sp³-hybridized carbons (Fsp3) is 0.417. The molecule has 1 aliphatic heterocycles. The van der Waals surface area contributed by atoms with Crippen molar-refractivity contribution in [3.05, 3.63) is 45.9 Å². The molecule has 2 heterocycles. The van der Waals surface area contributed by atoms with Gasteiger partial charge in [0.1, 0.15) is 18.0 Å². The molecule has 0 spiro atoms. The minimum absolute atomic E-state index is 0. The van der Waals surface area contributed by atoms with Gasteiger partial charge in [-0.3, -0.25) is 0 Å². The highest BCUT2D eigenvalue weighted by molar-refractivity contribution is 9.10. The van der Waals surface area contributed by atoms with Gasteiger partial charge in [-0.25, -0.2) is 14.4 Å². The van der Waals surface area contributed by atoms with Crippen LogP contribution in [0, 0.1) is 23.6 Å². The van der Waals surface area contributed by atoms with Crippen molar-refractivity contribution in [1.29, 1.82) is 0 Å². The van der Waals surface area contributed by atoms with Crippen LogP contribution in [0.5, 0.6) is 11.5 Å². The SMILES string of the molecule is COc1cc2c(Nc3cc(Cl)c(Br)cc3F)ncnc2cc1OCC1C[C@@H]2CN(C)C[C@@H]2C1.Cl. The smallest absolute Gasteiger partial charge is 0.163 e. The number of benzene rings is 2. The largest absolute Gasteiger partial charge is 0.493 e. The van der Waals surface area contributed by atoms with Crippen molar-refractivity contribution in [2.75, 3.05) is 39.2 Å². The first-order valence-corrected chi connectivity index (χ1v) is 12.1. The number of rotatable bonds is 6. The van der Waals surface area contributed by atoms with Gasteiger partial charge in [-0.05, 0) is 71.8 Å². The van der Waals surface area contributed by atoms with Gasteiger partial charge in [-0.1, -0.05) is 11.6 Å². The van der Waals surface area contributed by atoms with Crippen LogP contribution in [0.4, 0.5) is 15.9 Å². The van der Waals surface area contributed by atoms with Crippen LogP contribution >= 0.6 is 39.9 Å². The molecule has 3 atom stereocenters. The number of methoxy groups -OCH3 is 1. The molecule has 6 nitrogen and oxygen atoms in total. The summed E-state index contributed by atoms with van der Waals surface area (Å²) in [7, 11) is 3.81. The van der Waals surface area contributed by atoms with Gasteiger partial charge in [0.25, 0.3) is 0 Å². The summed E-state index contributed by atoms with van der Waals surface area (Å²) in [5.41, 5.74) is 0.900. The third-order valence-electron chi connectivity index (χ3n) is 6.69. The average Bonchev–Trinajstić information content (AvgIpc) is 3.32. The van der Waals surface area contributed by atoms with Gasteiger partial charge in [0, 0.05) is 29.0 Å². The van der Waals surface area contributed by atoms with Crippen LogP contribution in [0.2, 0.25) is 5.02 Å². The highest BCUT2D eigenvalue weighted by atomic mass is 79.9. The number of likely N-dealkylation sites (tertiary alicyclic amines) is 1. The molecule has 3 aromatic rings. The first-order chi connectivity index (χ1) is 15.9. The molecule has 0 radical (unpaired) electrons. The third kappa shape index (κ3) is 5.05. The van der Waals surface area contributed by atoms with Crippen LogP contribution in [-0.2, 0) is 0 Å². The van der Waals surface area contributed by atoms with Crippen molar-refractivity contribution >= 4 is 62.3 Å². The zero-order valence-corrected chi connectivity index (χ0v) is 22.0. The van der Waals surface area contributed by atoms with E-state index in [4.69, 9.17) is 21.1 Å². The molecule has 2 aromatic carbocycles. The minimum atomic E-state index is -0.447. The first-order valence-electron chi connectivity index (χ1n) is 11.0. The summed E-state index contributed by atoms with van der Waals surface area (Å²) in [5.74, 6) is 3.38. The molecular weight excluding hydrogens is 546 g/mol. The van der Waals surface area contributed by atoms with Crippen LogP contribution < -0.4 is 14.8 Å². The molecule has 2 fully saturated rings. The van der Waals surface area contributed by atoms with E-state index in [9.17, 15) is 4.39 Å². The van der Waals surface area contributed by atoms with Crippen LogP contribution in [-0.4, -0.2) is 48.7 Å². The van der Waals surface area contributed by atoms with Crippen molar-refractivity contribution in [1.82, 2.24) is 14.9 Å². The maximum atomic E-state index is 14.4. The number of hydrogen-bond donors (Lipinski definition) is 1. The lowest BCUT2D eigenvalue weighted by atomic mass is 10.0. The second-order valence-electron chi connectivity index (χ2n) is 9.00. The molecule has 1 aromatic heterocycles. The van der Waals surface area contributed by atoms with E-state index in [0.29, 0.717) is 50.2 Å². The van der Waals surface area contributed by atoms with Crippen molar-refractivity contribution in [2.45, 2.75) is 12.8 Å². The van der Waals surface area contributed by atoms with Crippen LogP contribution in [0.1, 0.15) is 12.8 Å². The lowest BCUT2D eigenvalue weighted by molar-refractivity contribution is 0.227. The van der Waals surface area contributed by atoms with Gasteiger partial charge in [-0.2, -0.15) is 0 Å². The van der Waals surface area contributed by atoms with E-state index in [0.717, 1.165) is 11.8 Å². The lowest BCUT2D eigenvalue weighted by Crippen LogP contribution is -2.18. The van der Waals surface area contributed by atoms with Gasteiger partial charge in [0.15, 0.2) is 11.5 Å². The average molecular weight is 572 g/mol. The zero-order chi connectivity index (χ0) is 23.1. The summed E-state index contributed by atoms with van der Waals surface area (Å²) in [6.07, 6.45) is 3.86. The van der Waals surface area contributed by atoms with E-state index in [2.05, 4.69) is 43.2 Å². The monoisotopic (exact) mass is 570 g/mol. The van der Waals surface area contributed by atoms with Crippen molar-refractivity contribution in [3.63, 3.8) is 0 Å². The molecule has 5 rings (SSSR count). The highest BCUT2D eigenvalue weighted by Gasteiger charge is 2.39. The summed E-state index contributed by atoms with van der Waals surface area (Å²) in [6.45, 7) is 3.05. The number of hydrogen-bond acceptors (Lipinski definition) is 6. The quantitative estimate of drug-likeness (QED) is 0.349. The van der Waals surface area contributed by atoms with Crippen molar-refractivity contribution < 1.29 is 13.9 Å². The standard InChI is InChI=1S/C24H25BrClFN4O2.ClH/c1-31-9-14-3-13(4-15(14)10-31)11-33-23-8-20-16(5-22(23)32-2)24(29-12-28-20)30-21-7-18(26)17(25)6-19(21)27;/h5-8,12-15H,3-4,9-11H2,1-2H3,(H,28,29,30);1H/t13?,14-,15+;. The minimum Gasteiger partial charge on any atom is -0.493 e. The zero-order valence-electron chi connectivity index (χ0n) is 18.9. The molecule has 1 saturated carbocycles. The number of nitrogens with zero attached hydrogens (tertiary/aromatic N) is 3. The van der Waals surface area contributed by atoms with Gasteiger partial charge in [0.05, 0.1) is 29.9 Å². The van der Waals surface area contributed by atoms with Crippen LogP contribution in [0.25, 0.3) is 10.9 Å². The first kappa shape index (κ1) is 25.2. The molecule has 1 N–H and O–H groups in total. The van der Waals surface area contributed by atoms with E-state index in [1.165, 1.54) is 44.4 Å². The molecule has 1 saturated heterocycles. The van der Waals surface area contributed by atoms with Gasteiger partial charge in [-0.15, -0.1) is 12.4 Å². The second-order valence-corrected chi connectivity index (χ2v) is 10.3. The maximum Gasteiger partial charge on any atom is 0.163 e. The normalized spacial score (nSPS) is 21.9. The summed E-state index contributed by atoms with van der Waals surface area (Å²) in [5, 5.41) is 4.11. The Hall–Kier alpha value is -1.87. The van der Waals surface area contributed by atoms with E-state index >= 15 is 0 Å². The van der Waals surface area contributed by atoms with Crippen LogP contribution in [0.3, 0.4) is 0 Å². The molecule has 182 valence electrons. The van der Waals surface area contributed by atoms with Crippen LogP contribution in [0.15, 0.2) is 35.1 Å². The Bertz CT molecular complexity index is 1190. The maximum absolute atomic E-state index is 14.4. The highest BCUT2D eigenvalue weighted by Crippen LogP contribution is 2.42. The molecule has 1 unspecified atom stereocenters. The number of anilines is 2. The van der Waals surface area contributed by atoms with E-state index in [-0.39, 0.29) is 18.1 Å². The fourth-order valence-electron chi connectivity index (χ4n) is 5.19. The van der Waals surface area contributed by atoms with E-state index in [1.54, 1.807) is 7.11 Å². The Morgan fingerprint density at radius 2 is 1.88 bits per heavy atom. The summed E-state index contributed by atoms with van der Waals surface area (Å²) in [4.78, 5) is 11.1. The Kier molecular flexibility index (Phi) is 7.72. The summed E-state index contributed by atoms with van der Waals surface area (Å²) < 4.78 is 26.7. The third-order valence-corrected chi connectivity index (χ3v) is 7.89. The lowest BCUT2D eigenvalue weighted by Gasteiger charge is -2.17. The number of fused-ring (bicyclic) bond motifs is 2. The topological polar surface area (TPSA) is 59.5 Å². The Morgan fingerprint density at radius 3 is 2.59 bits per heavy atom. The molecule has 0 amide bonds. The molecule has 2 aliphatic rings. The van der Waals surface area contributed by atoms with Gasteiger partial charge < -0.3 is 19.7 Å². The predicted octanol–water partition coefficient (Wildman–Crippen LogP) is 6.33. The van der Waals surface area contributed by atoms with Gasteiger partial charge >= 0.3 is 0 Å². The number of aromatic nitrogens is 2. The molecule has 0 bridgehead atoms. The van der Waals surface area contributed by atoms with E-state index in [1.807, 2.05) is 12.1 Å². The summed E-state index contributed by atoms with van der Waals surface area (Å²) >= 11 is 9.37. The fourth-order valence-corrected chi connectivity index (χ4v) is 5.66. The number of halogens is 4. The van der Waals surface area contributed by atoms with Crippen molar-refractivity contribution in [2.24, 2.45) is 17.8 Å².